The molecule has 0 aromatic heterocycles. The Labute approximate surface area is 170 Å². The average Bonchev–Trinajstić information content (AvgIpc) is 2.65. The van der Waals surface area contributed by atoms with Gasteiger partial charge in [-0.05, 0) is 73.2 Å². The normalized spacial score (nSPS) is 16.7. The van der Waals surface area contributed by atoms with Gasteiger partial charge in [-0.25, -0.2) is 0 Å². The van der Waals surface area contributed by atoms with E-state index in [9.17, 15) is 14.7 Å². The second-order valence-electron chi connectivity index (χ2n) is 7.67. The number of aliphatic hydroxyl groups is 1. The van der Waals surface area contributed by atoms with E-state index in [1.54, 1.807) is 13.8 Å². The van der Waals surface area contributed by atoms with Crippen molar-refractivity contribution in [1.29, 1.82) is 0 Å². The average molecular weight is 395 g/mol. The van der Waals surface area contributed by atoms with Gasteiger partial charge in [-0.3, -0.25) is 9.59 Å². The van der Waals surface area contributed by atoms with Crippen LogP contribution in [0, 0.1) is 12.3 Å². The van der Waals surface area contributed by atoms with E-state index in [2.05, 4.69) is 6.58 Å². The van der Waals surface area contributed by atoms with Crippen LogP contribution in [-0.2, 0) is 16.0 Å². The second-order valence-corrected chi connectivity index (χ2v) is 8.11. The van der Waals surface area contributed by atoms with E-state index in [1.165, 1.54) is 0 Å². The number of carbonyl (C=O) groups is 2. The van der Waals surface area contributed by atoms with Gasteiger partial charge in [-0.1, -0.05) is 43.3 Å². The summed E-state index contributed by atoms with van der Waals surface area (Å²) < 4.78 is 0. The van der Waals surface area contributed by atoms with Gasteiger partial charge in [0.15, 0.2) is 11.6 Å². The van der Waals surface area contributed by atoms with Crippen LogP contribution in [0.2, 0.25) is 5.02 Å². The maximum Gasteiger partial charge on any atom is 0.180 e. The molecule has 0 amide bonds. The van der Waals surface area contributed by atoms with Gasteiger partial charge in [0.1, 0.15) is 5.76 Å². The Morgan fingerprint density at radius 2 is 1.71 bits per heavy atom. The maximum absolute atomic E-state index is 13.1. The van der Waals surface area contributed by atoms with E-state index < -0.39 is 11.2 Å². The van der Waals surface area contributed by atoms with Gasteiger partial charge in [0.2, 0.25) is 0 Å². The molecule has 0 heterocycles. The molecule has 0 spiro atoms. The van der Waals surface area contributed by atoms with Crippen molar-refractivity contribution in [3.8, 4) is 11.1 Å². The lowest BCUT2D eigenvalue weighted by Gasteiger charge is -2.30. The molecule has 1 N–H and O–H groups in total. The van der Waals surface area contributed by atoms with Crippen molar-refractivity contribution >= 4 is 28.7 Å². The molecule has 0 fully saturated rings. The molecule has 0 saturated heterocycles. The van der Waals surface area contributed by atoms with Crippen LogP contribution < -0.4 is 0 Å². The van der Waals surface area contributed by atoms with Crippen LogP contribution in [0.25, 0.3) is 16.7 Å². The minimum Gasteiger partial charge on any atom is -0.506 e. The molecule has 2 aromatic carbocycles. The van der Waals surface area contributed by atoms with E-state index in [-0.39, 0.29) is 22.7 Å². The highest BCUT2D eigenvalue weighted by atomic mass is 35.5. The minimum absolute atomic E-state index is 0.0188. The van der Waals surface area contributed by atoms with Crippen molar-refractivity contribution in [3.05, 3.63) is 76.0 Å². The van der Waals surface area contributed by atoms with Crippen LogP contribution in [0.5, 0.6) is 0 Å². The number of Topliss-reactive ketones (excluding diaryl/α,β-unsaturated/α-hetero) is 2. The third kappa shape index (κ3) is 3.10. The van der Waals surface area contributed by atoms with E-state index in [0.29, 0.717) is 17.0 Å². The van der Waals surface area contributed by atoms with Crippen molar-refractivity contribution in [3.63, 3.8) is 0 Å². The first-order valence-electron chi connectivity index (χ1n) is 9.21. The topological polar surface area (TPSA) is 54.4 Å². The minimum atomic E-state index is -1.25. The molecule has 28 heavy (non-hydrogen) atoms. The summed E-state index contributed by atoms with van der Waals surface area (Å²) in [5, 5.41) is 11.3. The fourth-order valence-corrected chi connectivity index (χ4v) is 3.87. The number of aliphatic hydroxyl groups excluding tert-OH is 1. The molecule has 0 aliphatic heterocycles. The van der Waals surface area contributed by atoms with Gasteiger partial charge < -0.3 is 5.11 Å². The summed E-state index contributed by atoms with van der Waals surface area (Å²) in [7, 11) is 0. The summed E-state index contributed by atoms with van der Waals surface area (Å²) >= 11 is 6.08. The monoisotopic (exact) mass is 394 g/mol. The molecule has 0 bridgehead atoms. The van der Waals surface area contributed by atoms with Crippen molar-refractivity contribution in [2.75, 3.05) is 0 Å². The molecular formula is C24H23ClO3. The predicted octanol–water partition coefficient (Wildman–Crippen LogP) is 5.88. The summed E-state index contributed by atoms with van der Waals surface area (Å²) in [4.78, 5) is 25.6. The summed E-state index contributed by atoms with van der Waals surface area (Å²) in [5.41, 5.74) is 3.36. The fourth-order valence-electron chi connectivity index (χ4n) is 3.64. The maximum atomic E-state index is 13.1. The highest BCUT2D eigenvalue weighted by Gasteiger charge is 2.46. The molecule has 0 saturated carbocycles. The summed E-state index contributed by atoms with van der Waals surface area (Å²) in [6, 6.07) is 11.5. The van der Waals surface area contributed by atoms with Gasteiger partial charge in [-0.2, -0.15) is 0 Å². The number of halogens is 1. The highest BCUT2D eigenvalue weighted by molar-refractivity contribution is 6.37. The molecule has 1 aliphatic carbocycles. The molecular weight excluding hydrogens is 372 g/mol. The van der Waals surface area contributed by atoms with E-state index >= 15 is 0 Å². The summed E-state index contributed by atoms with van der Waals surface area (Å²) in [6.07, 6.45) is 0.681. The lowest BCUT2D eigenvalue weighted by atomic mass is 9.70. The van der Waals surface area contributed by atoms with Crippen molar-refractivity contribution in [1.82, 2.24) is 0 Å². The van der Waals surface area contributed by atoms with Gasteiger partial charge in [0, 0.05) is 5.02 Å². The number of rotatable bonds is 3. The van der Waals surface area contributed by atoms with Crippen molar-refractivity contribution < 1.29 is 14.7 Å². The van der Waals surface area contributed by atoms with Crippen LogP contribution in [0.15, 0.2) is 54.3 Å². The smallest absolute Gasteiger partial charge is 0.180 e. The predicted molar refractivity (Wildman–Crippen MR) is 113 cm³/mol. The number of hydrogen-bond acceptors (Lipinski definition) is 3. The Morgan fingerprint density at radius 3 is 2.32 bits per heavy atom. The Morgan fingerprint density at radius 1 is 1.04 bits per heavy atom. The standard InChI is InChI=1S/C24H23ClO3/c1-6-15-7-8-16(18-10-9-17(25)11-13(18)2)12-19(15)20-21(26)14(3)22(27)24(4,5)23(20)28/h7-12,26H,3,6H2,1-2,4-5H3. The summed E-state index contributed by atoms with van der Waals surface area (Å²) in [6.45, 7) is 10.8. The van der Waals surface area contributed by atoms with Crippen molar-refractivity contribution in [2.24, 2.45) is 5.41 Å². The van der Waals surface area contributed by atoms with E-state index in [0.717, 1.165) is 22.3 Å². The number of benzene rings is 2. The van der Waals surface area contributed by atoms with E-state index in [4.69, 9.17) is 11.6 Å². The van der Waals surface area contributed by atoms with Gasteiger partial charge in [0.05, 0.1) is 16.6 Å². The molecule has 4 heteroatoms. The molecule has 1 aliphatic rings. The number of hydrogen-bond donors (Lipinski definition) is 1. The van der Waals surface area contributed by atoms with Crippen LogP contribution in [0.1, 0.15) is 37.5 Å². The third-order valence-corrected chi connectivity index (χ3v) is 5.65. The Hall–Kier alpha value is -2.65. The summed E-state index contributed by atoms with van der Waals surface area (Å²) in [5.74, 6) is -1.16. The van der Waals surface area contributed by atoms with Crippen LogP contribution in [0.4, 0.5) is 0 Å². The number of allylic oxidation sites excluding steroid dienone is 2. The largest absolute Gasteiger partial charge is 0.506 e. The molecule has 0 unspecified atom stereocenters. The number of carbonyl (C=O) groups excluding carboxylic acids is 2. The zero-order valence-electron chi connectivity index (χ0n) is 16.5. The number of ketones is 2. The molecule has 0 radical (unpaired) electrons. The molecule has 0 atom stereocenters. The second kappa shape index (κ2) is 7.06. The van der Waals surface area contributed by atoms with Crippen LogP contribution >= 0.6 is 11.6 Å². The zero-order chi connectivity index (χ0) is 20.8. The first-order chi connectivity index (χ1) is 13.1. The Kier molecular flexibility index (Phi) is 5.07. The van der Waals surface area contributed by atoms with Crippen LogP contribution in [-0.4, -0.2) is 16.7 Å². The highest BCUT2D eigenvalue weighted by Crippen LogP contribution is 2.41. The first-order valence-corrected chi connectivity index (χ1v) is 9.59. The van der Waals surface area contributed by atoms with Gasteiger partial charge >= 0.3 is 0 Å². The number of aryl methyl sites for hydroxylation is 2. The first kappa shape index (κ1) is 20.1. The fraction of sp³-hybridized carbons (Fsp3) is 0.250. The molecule has 3 rings (SSSR count). The van der Waals surface area contributed by atoms with Gasteiger partial charge in [0.25, 0.3) is 0 Å². The molecule has 3 nitrogen and oxygen atoms in total. The Bertz CT molecular complexity index is 1060. The Balaban J connectivity index is 2.28. The third-order valence-electron chi connectivity index (χ3n) is 5.42. The lowest BCUT2D eigenvalue weighted by molar-refractivity contribution is -0.133. The van der Waals surface area contributed by atoms with Gasteiger partial charge in [-0.15, -0.1) is 0 Å². The SMILES string of the molecule is C=C1C(=O)C(C)(C)C(=O)C(c2cc(-c3ccc(Cl)cc3C)ccc2CC)=C1O. The molecule has 144 valence electrons. The van der Waals surface area contributed by atoms with E-state index in [1.807, 2.05) is 50.2 Å². The van der Waals surface area contributed by atoms with Crippen LogP contribution in [0.3, 0.4) is 0 Å². The molecule has 2 aromatic rings. The quantitative estimate of drug-likeness (QED) is 0.522. The lowest BCUT2D eigenvalue weighted by Crippen LogP contribution is -2.39. The van der Waals surface area contributed by atoms with Crippen molar-refractivity contribution in [2.45, 2.75) is 34.1 Å². The zero-order valence-corrected chi connectivity index (χ0v) is 17.3.